The van der Waals surface area contributed by atoms with Gasteiger partial charge in [-0.2, -0.15) is 0 Å². The predicted molar refractivity (Wildman–Crippen MR) is 76.1 cm³/mol. The van der Waals surface area contributed by atoms with E-state index in [1.807, 2.05) is 20.8 Å². The van der Waals surface area contributed by atoms with E-state index in [-0.39, 0.29) is 11.9 Å². The third-order valence-corrected chi connectivity index (χ3v) is 3.66. The molecule has 1 unspecified atom stereocenters. The lowest BCUT2D eigenvalue weighted by atomic mass is 9.99. The number of carbonyl (C=O) groups excluding carboxylic acids is 1. The molecule has 0 radical (unpaired) electrons. The van der Waals surface area contributed by atoms with E-state index in [9.17, 15) is 14.7 Å². The molecular formula is C14H28N2O3. The third kappa shape index (κ3) is 5.94. The second kappa shape index (κ2) is 8.77. The molecule has 5 nitrogen and oxygen atoms in total. The predicted octanol–water partition coefficient (Wildman–Crippen LogP) is 2.56. The van der Waals surface area contributed by atoms with Gasteiger partial charge in [-0.15, -0.1) is 0 Å². The van der Waals surface area contributed by atoms with Crippen molar-refractivity contribution < 1.29 is 14.7 Å². The molecule has 3 atom stereocenters. The zero-order valence-electron chi connectivity index (χ0n) is 12.8. The van der Waals surface area contributed by atoms with Gasteiger partial charge in [-0.25, -0.2) is 9.59 Å². The molecule has 0 aliphatic heterocycles. The summed E-state index contributed by atoms with van der Waals surface area (Å²) in [5, 5.41) is 11.8. The maximum atomic E-state index is 12.1. The number of carboxylic acid groups (broad SMARTS) is 1. The number of nitrogens with one attached hydrogen (secondary N) is 1. The largest absolute Gasteiger partial charge is 0.480 e. The van der Waals surface area contributed by atoms with Gasteiger partial charge in [0.15, 0.2) is 0 Å². The van der Waals surface area contributed by atoms with Crippen molar-refractivity contribution in [3.63, 3.8) is 0 Å². The molecule has 0 saturated carbocycles. The Bertz CT molecular complexity index is 294. The van der Waals surface area contributed by atoms with Crippen LogP contribution in [0.5, 0.6) is 0 Å². The van der Waals surface area contributed by atoms with Gasteiger partial charge in [0.25, 0.3) is 0 Å². The van der Waals surface area contributed by atoms with Gasteiger partial charge >= 0.3 is 12.0 Å². The van der Waals surface area contributed by atoms with E-state index < -0.39 is 12.0 Å². The fraction of sp³-hybridized carbons (Fsp3) is 0.857. The molecule has 19 heavy (non-hydrogen) atoms. The van der Waals surface area contributed by atoms with E-state index >= 15 is 0 Å². The zero-order chi connectivity index (χ0) is 15.0. The highest BCUT2D eigenvalue weighted by atomic mass is 16.4. The lowest BCUT2D eigenvalue weighted by Gasteiger charge is -2.28. The standard InChI is InChI=1S/C14H28N2O3/c1-6-10(4)9-16(8-3)14(19)15-12(13(17)18)11(5)7-2/h10-12H,6-9H2,1-5H3,(H,15,19)(H,17,18)/t10?,11-,12-/m0/s1. The Morgan fingerprint density at radius 1 is 1.16 bits per heavy atom. The minimum absolute atomic E-state index is 0.0799. The summed E-state index contributed by atoms with van der Waals surface area (Å²) in [7, 11) is 0. The van der Waals surface area contributed by atoms with Crippen molar-refractivity contribution in [1.82, 2.24) is 10.2 Å². The Labute approximate surface area is 116 Å². The molecule has 0 spiro atoms. The van der Waals surface area contributed by atoms with Gasteiger partial charge in [-0.05, 0) is 18.8 Å². The number of rotatable bonds is 8. The molecule has 2 N–H and O–H groups in total. The van der Waals surface area contributed by atoms with E-state index in [0.29, 0.717) is 25.4 Å². The maximum Gasteiger partial charge on any atom is 0.326 e. The second-order valence-corrected chi connectivity index (χ2v) is 5.20. The first-order valence-electron chi connectivity index (χ1n) is 7.15. The Morgan fingerprint density at radius 3 is 2.11 bits per heavy atom. The van der Waals surface area contributed by atoms with Crippen molar-refractivity contribution >= 4 is 12.0 Å². The number of urea groups is 1. The topological polar surface area (TPSA) is 69.6 Å². The maximum absolute atomic E-state index is 12.1. The first-order chi connectivity index (χ1) is 8.87. The molecule has 0 rings (SSSR count). The first kappa shape index (κ1) is 17.7. The minimum Gasteiger partial charge on any atom is -0.480 e. The number of amides is 2. The highest BCUT2D eigenvalue weighted by Crippen LogP contribution is 2.10. The van der Waals surface area contributed by atoms with E-state index in [1.165, 1.54) is 0 Å². The number of hydrogen-bond donors (Lipinski definition) is 2. The second-order valence-electron chi connectivity index (χ2n) is 5.20. The molecular weight excluding hydrogens is 244 g/mol. The molecule has 0 saturated heterocycles. The molecule has 0 aromatic heterocycles. The number of carbonyl (C=O) groups is 2. The van der Waals surface area contributed by atoms with Crippen molar-refractivity contribution in [2.24, 2.45) is 11.8 Å². The molecule has 0 aliphatic carbocycles. The van der Waals surface area contributed by atoms with Crippen LogP contribution in [0.15, 0.2) is 0 Å². The first-order valence-corrected chi connectivity index (χ1v) is 7.15. The smallest absolute Gasteiger partial charge is 0.326 e. The molecule has 0 aliphatic rings. The van der Waals surface area contributed by atoms with Gasteiger partial charge in [0.1, 0.15) is 6.04 Å². The molecule has 0 fully saturated rings. The van der Waals surface area contributed by atoms with Gasteiger partial charge in [-0.1, -0.05) is 40.5 Å². The van der Waals surface area contributed by atoms with Crippen LogP contribution < -0.4 is 5.32 Å². The average molecular weight is 272 g/mol. The van der Waals surface area contributed by atoms with Crippen molar-refractivity contribution in [1.29, 1.82) is 0 Å². The quantitative estimate of drug-likeness (QED) is 0.713. The zero-order valence-corrected chi connectivity index (χ0v) is 12.8. The lowest BCUT2D eigenvalue weighted by Crippen LogP contribution is -2.51. The molecule has 5 heteroatoms. The van der Waals surface area contributed by atoms with Crippen molar-refractivity contribution in [3.05, 3.63) is 0 Å². The van der Waals surface area contributed by atoms with E-state index in [1.54, 1.807) is 4.90 Å². The van der Waals surface area contributed by atoms with Gasteiger partial charge in [0.2, 0.25) is 0 Å². The summed E-state index contributed by atoms with van der Waals surface area (Å²) in [6.07, 6.45) is 1.71. The third-order valence-electron chi connectivity index (χ3n) is 3.66. The monoisotopic (exact) mass is 272 g/mol. The Morgan fingerprint density at radius 2 is 1.74 bits per heavy atom. The number of nitrogens with zero attached hydrogens (tertiary/aromatic N) is 1. The molecule has 2 amide bonds. The molecule has 112 valence electrons. The molecule has 0 bridgehead atoms. The summed E-state index contributed by atoms with van der Waals surface area (Å²) in [5.41, 5.74) is 0. The number of carboxylic acids is 1. The van der Waals surface area contributed by atoms with Gasteiger partial charge < -0.3 is 15.3 Å². The van der Waals surface area contributed by atoms with Crippen LogP contribution in [-0.2, 0) is 4.79 Å². The highest BCUT2D eigenvalue weighted by Gasteiger charge is 2.27. The van der Waals surface area contributed by atoms with Crippen LogP contribution in [0.1, 0.15) is 47.5 Å². The summed E-state index contributed by atoms with van der Waals surface area (Å²) < 4.78 is 0. The van der Waals surface area contributed by atoms with Crippen molar-refractivity contribution in [2.45, 2.75) is 53.5 Å². The average Bonchev–Trinajstić information content (AvgIpc) is 2.40. The van der Waals surface area contributed by atoms with Crippen LogP contribution in [0.4, 0.5) is 4.79 Å². The lowest BCUT2D eigenvalue weighted by molar-refractivity contribution is -0.140. The van der Waals surface area contributed by atoms with Crippen LogP contribution in [-0.4, -0.2) is 41.1 Å². The van der Waals surface area contributed by atoms with Crippen LogP contribution >= 0.6 is 0 Å². The van der Waals surface area contributed by atoms with Gasteiger partial charge in [0, 0.05) is 13.1 Å². The molecule has 0 heterocycles. The van der Waals surface area contributed by atoms with E-state index in [2.05, 4.69) is 19.2 Å². The summed E-state index contributed by atoms with van der Waals surface area (Å²) in [4.78, 5) is 25.0. The fourth-order valence-corrected chi connectivity index (χ4v) is 1.77. The van der Waals surface area contributed by atoms with E-state index in [4.69, 9.17) is 0 Å². The Balaban J connectivity index is 4.64. The van der Waals surface area contributed by atoms with Gasteiger partial charge in [0.05, 0.1) is 0 Å². The number of hydrogen-bond acceptors (Lipinski definition) is 2. The van der Waals surface area contributed by atoms with Crippen LogP contribution in [0.25, 0.3) is 0 Å². The Hall–Kier alpha value is -1.26. The van der Waals surface area contributed by atoms with E-state index in [0.717, 1.165) is 6.42 Å². The van der Waals surface area contributed by atoms with Crippen molar-refractivity contribution in [2.75, 3.05) is 13.1 Å². The normalized spacial score (nSPS) is 15.4. The minimum atomic E-state index is -0.970. The SMILES string of the molecule is CCC(C)CN(CC)C(=O)N[C@H](C(=O)O)[C@@H](C)CC. The van der Waals surface area contributed by atoms with Gasteiger partial charge in [-0.3, -0.25) is 0 Å². The van der Waals surface area contributed by atoms with Crippen LogP contribution in [0.2, 0.25) is 0 Å². The fourth-order valence-electron chi connectivity index (χ4n) is 1.77. The summed E-state index contributed by atoms with van der Waals surface area (Å²) in [6.45, 7) is 11.1. The van der Waals surface area contributed by atoms with Crippen LogP contribution in [0, 0.1) is 11.8 Å². The number of aliphatic carboxylic acids is 1. The van der Waals surface area contributed by atoms with Crippen LogP contribution in [0.3, 0.4) is 0 Å². The van der Waals surface area contributed by atoms with Crippen molar-refractivity contribution in [3.8, 4) is 0 Å². The Kier molecular flexibility index (Phi) is 8.19. The molecule has 0 aromatic carbocycles. The summed E-state index contributed by atoms with van der Waals surface area (Å²) in [6, 6.07) is -1.10. The summed E-state index contributed by atoms with van der Waals surface area (Å²) >= 11 is 0. The highest BCUT2D eigenvalue weighted by molar-refractivity contribution is 5.82. The molecule has 0 aromatic rings. The summed E-state index contributed by atoms with van der Waals surface area (Å²) in [5.74, 6) is -0.636.